The first-order chi connectivity index (χ1) is 8.78. The fourth-order valence-corrected chi connectivity index (χ4v) is 2.69. The van der Waals surface area contributed by atoms with Crippen molar-refractivity contribution in [3.8, 4) is 0 Å². The van der Waals surface area contributed by atoms with Gasteiger partial charge in [-0.2, -0.15) is 4.31 Å². The van der Waals surface area contributed by atoms with Crippen LogP contribution in [0.4, 0.5) is 0 Å². The highest BCUT2D eigenvalue weighted by Crippen LogP contribution is 2.18. The van der Waals surface area contributed by atoms with Gasteiger partial charge in [-0.05, 0) is 24.6 Å². The van der Waals surface area contributed by atoms with E-state index in [0.717, 1.165) is 9.87 Å². The van der Waals surface area contributed by atoms with Crippen molar-refractivity contribution >= 4 is 15.9 Å². The average Bonchev–Trinajstić information content (AvgIpc) is 2.38. The number of nitrogens with one attached hydrogen (secondary N) is 1. The quantitative estimate of drug-likeness (QED) is 0.801. The number of nitrogens with two attached hydrogens (primary N) is 1. The van der Waals surface area contributed by atoms with Gasteiger partial charge in [0.25, 0.3) is 0 Å². The van der Waals surface area contributed by atoms with Crippen LogP contribution < -0.4 is 11.1 Å². The fraction of sp³-hybridized carbons (Fsp3) is 0.417. The second-order valence-electron chi connectivity index (χ2n) is 4.30. The minimum Gasteiger partial charge on any atom is -0.358 e. The summed E-state index contributed by atoms with van der Waals surface area (Å²) < 4.78 is 25.5. The molecule has 0 bridgehead atoms. The van der Waals surface area contributed by atoms with E-state index in [1.54, 1.807) is 19.1 Å². The van der Waals surface area contributed by atoms with Crippen molar-refractivity contribution in [1.82, 2.24) is 9.62 Å². The Morgan fingerprint density at radius 2 is 2.11 bits per heavy atom. The molecule has 19 heavy (non-hydrogen) atoms. The number of carbonyl (C=O) groups is 1. The van der Waals surface area contributed by atoms with E-state index in [4.69, 9.17) is 5.73 Å². The number of hydrogen-bond acceptors (Lipinski definition) is 4. The molecule has 7 heteroatoms. The number of rotatable bonds is 5. The summed E-state index contributed by atoms with van der Waals surface area (Å²) in [6.07, 6.45) is 0. The van der Waals surface area contributed by atoms with Crippen molar-refractivity contribution in [3.05, 3.63) is 29.8 Å². The molecule has 0 radical (unpaired) electrons. The van der Waals surface area contributed by atoms with Crippen LogP contribution in [-0.2, 0) is 14.8 Å². The van der Waals surface area contributed by atoms with E-state index in [0.29, 0.717) is 0 Å². The summed E-state index contributed by atoms with van der Waals surface area (Å²) in [5.41, 5.74) is 6.46. The molecule has 1 atom stereocenters. The largest absolute Gasteiger partial charge is 0.358 e. The van der Waals surface area contributed by atoms with Crippen LogP contribution in [0.2, 0.25) is 0 Å². The van der Waals surface area contributed by atoms with Gasteiger partial charge < -0.3 is 11.1 Å². The van der Waals surface area contributed by atoms with Gasteiger partial charge in [0.2, 0.25) is 15.9 Å². The molecule has 0 heterocycles. The Balaban J connectivity index is 3.06. The zero-order valence-electron chi connectivity index (χ0n) is 11.3. The molecule has 0 saturated carbocycles. The molecule has 106 valence electrons. The zero-order chi connectivity index (χ0) is 14.6. The summed E-state index contributed by atoms with van der Waals surface area (Å²) in [6.45, 7) is 1.56. The van der Waals surface area contributed by atoms with Gasteiger partial charge in [0.15, 0.2) is 0 Å². The van der Waals surface area contributed by atoms with Gasteiger partial charge in [-0.1, -0.05) is 12.1 Å². The van der Waals surface area contributed by atoms with Crippen molar-refractivity contribution in [3.63, 3.8) is 0 Å². The molecule has 0 fully saturated rings. The van der Waals surface area contributed by atoms with E-state index in [1.165, 1.54) is 26.2 Å². The lowest BCUT2D eigenvalue weighted by molar-refractivity contribution is -0.120. The third kappa shape index (κ3) is 3.76. The first kappa shape index (κ1) is 15.6. The molecule has 1 rings (SSSR count). The standard InChI is InChI=1S/C12H19N3O3S/c1-9(13)10-5-4-6-11(7-10)19(17,18)15(3)8-12(16)14-2/h4-7,9H,8,13H2,1-3H3,(H,14,16). The molecule has 0 aromatic heterocycles. The predicted octanol–water partition coefficient (Wildman–Crippen LogP) is 0.0728. The van der Waals surface area contributed by atoms with E-state index in [1.807, 2.05) is 0 Å². The topological polar surface area (TPSA) is 92.5 Å². The summed E-state index contributed by atoms with van der Waals surface area (Å²) in [6, 6.07) is 6.17. The number of benzene rings is 1. The third-order valence-corrected chi connectivity index (χ3v) is 4.54. The Hall–Kier alpha value is -1.44. The van der Waals surface area contributed by atoms with E-state index in [9.17, 15) is 13.2 Å². The molecular weight excluding hydrogens is 266 g/mol. The summed E-state index contributed by atoms with van der Waals surface area (Å²) in [5.74, 6) is -0.366. The molecular formula is C12H19N3O3S. The minimum atomic E-state index is -3.68. The molecule has 1 aromatic rings. The molecule has 1 aromatic carbocycles. The normalized spacial score (nSPS) is 13.3. The highest BCUT2D eigenvalue weighted by Gasteiger charge is 2.23. The van der Waals surface area contributed by atoms with Crippen LogP contribution in [0.25, 0.3) is 0 Å². The Morgan fingerprint density at radius 3 is 2.63 bits per heavy atom. The maximum Gasteiger partial charge on any atom is 0.243 e. The number of sulfonamides is 1. The molecule has 1 amide bonds. The SMILES string of the molecule is CNC(=O)CN(C)S(=O)(=O)c1cccc(C(C)N)c1. The monoisotopic (exact) mass is 285 g/mol. The molecule has 0 aliphatic carbocycles. The van der Waals surface area contributed by atoms with Gasteiger partial charge in [0, 0.05) is 20.1 Å². The van der Waals surface area contributed by atoms with E-state index in [-0.39, 0.29) is 23.4 Å². The summed E-state index contributed by atoms with van der Waals surface area (Å²) in [4.78, 5) is 11.4. The number of hydrogen-bond donors (Lipinski definition) is 2. The van der Waals surface area contributed by atoms with Crippen molar-refractivity contribution in [1.29, 1.82) is 0 Å². The summed E-state index contributed by atoms with van der Waals surface area (Å²) in [7, 11) is -0.861. The molecule has 1 unspecified atom stereocenters. The zero-order valence-corrected chi connectivity index (χ0v) is 12.1. The average molecular weight is 285 g/mol. The van der Waals surface area contributed by atoms with Crippen molar-refractivity contribution in [2.24, 2.45) is 5.73 Å². The van der Waals surface area contributed by atoms with Gasteiger partial charge >= 0.3 is 0 Å². The van der Waals surface area contributed by atoms with Crippen LogP contribution in [0, 0.1) is 0 Å². The second kappa shape index (κ2) is 6.14. The van der Waals surface area contributed by atoms with Crippen molar-refractivity contribution in [2.45, 2.75) is 17.9 Å². The third-order valence-electron chi connectivity index (χ3n) is 2.74. The highest BCUT2D eigenvalue weighted by atomic mass is 32.2. The summed E-state index contributed by atoms with van der Waals surface area (Å²) >= 11 is 0. The van der Waals surface area contributed by atoms with Crippen molar-refractivity contribution < 1.29 is 13.2 Å². The van der Waals surface area contributed by atoms with Crippen LogP contribution in [0.1, 0.15) is 18.5 Å². The fourth-order valence-electron chi connectivity index (χ4n) is 1.50. The number of amides is 1. The molecule has 0 aliphatic heterocycles. The molecule has 3 N–H and O–H groups in total. The Labute approximate surface area is 113 Å². The van der Waals surface area contributed by atoms with E-state index < -0.39 is 10.0 Å². The first-order valence-electron chi connectivity index (χ1n) is 5.81. The molecule has 0 aliphatic rings. The lowest BCUT2D eigenvalue weighted by Crippen LogP contribution is -2.36. The van der Waals surface area contributed by atoms with Crippen LogP contribution in [0.3, 0.4) is 0 Å². The van der Waals surface area contributed by atoms with Crippen LogP contribution in [-0.4, -0.2) is 39.3 Å². The lowest BCUT2D eigenvalue weighted by atomic mass is 10.1. The van der Waals surface area contributed by atoms with Gasteiger partial charge in [0.05, 0.1) is 11.4 Å². The van der Waals surface area contributed by atoms with Gasteiger partial charge in [-0.3, -0.25) is 4.79 Å². The highest BCUT2D eigenvalue weighted by molar-refractivity contribution is 7.89. The van der Waals surface area contributed by atoms with Crippen molar-refractivity contribution in [2.75, 3.05) is 20.6 Å². The molecule has 0 spiro atoms. The van der Waals surface area contributed by atoms with Gasteiger partial charge in [-0.25, -0.2) is 8.42 Å². The van der Waals surface area contributed by atoms with E-state index in [2.05, 4.69) is 5.32 Å². The van der Waals surface area contributed by atoms with Gasteiger partial charge in [0.1, 0.15) is 0 Å². The Bertz CT molecular complexity index is 555. The first-order valence-corrected chi connectivity index (χ1v) is 7.25. The minimum absolute atomic E-state index is 0.133. The Kier molecular flexibility index (Phi) is 5.04. The van der Waals surface area contributed by atoms with Crippen LogP contribution in [0.15, 0.2) is 29.2 Å². The molecule has 0 saturated heterocycles. The maximum absolute atomic E-state index is 12.3. The number of carbonyl (C=O) groups excluding carboxylic acids is 1. The summed E-state index contributed by atoms with van der Waals surface area (Å²) in [5, 5.41) is 2.38. The lowest BCUT2D eigenvalue weighted by Gasteiger charge is -2.17. The predicted molar refractivity (Wildman–Crippen MR) is 72.9 cm³/mol. The van der Waals surface area contributed by atoms with Gasteiger partial charge in [-0.15, -0.1) is 0 Å². The van der Waals surface area contributed by atoms with Crippen LogP contribution in [0.5, 0.6) is 0 Å². The van der Waals surface area contributed by atoms with E-state index >= 15 is 0 Å². The maximum atomic E-state index is 12.3. The molecule has 6 nitrogen and oxygen atoms in total. The Morgan fingerprint density at radius 1 is 1.47 bits per heavy atom. The number of likely N-dealkylation sites (N-methyl/N-ethyl adjacent to an activating group) is 2. The number of nitrogens with zero attached hydrogens (tertiary/aromatic N) is 1. The van der Waals surface area contributed by atoms with Crippen LogP contribution >= 0.6 is 0 Å². The smallest absolute Gasteiger partial charge is 0.243 e. The second-order valence-corrected chi connectivity index (χ2v) is 6.34.